The highest BCUT2D eigenvalue weighted by molar-refractivity contribution is 7.99. The van der Waals surface area contributed by atoms with Gasteiger partial charge in [-0.15, -0.1) is 11.8 Å². The van der Waals surface area contributed by atoms with Gasteiger partial charge in [-0.1, -0.05) is 31.2 Å². The van der Waals surface area contributed by atoms with Crippen molar-refractivity contribution in [3.8, 4) is 12.1 Å². The van der Waals surface area contributed by atoms with Gasteiger partial charge < -0.3 is 0 Å². The number of rotatable bonds is 5. The predicted octanol–water partition coefficient (Wildman–Crippen LogP) is 4.89. The third-order valence-corrected chi connectivity index (χ3v) is 8.60. The van der Waals surface area contributed by atoms with Crippen LogP contribution in [-0.2, 0) is 10.0 Å². The van der Waals surface area contributed by atoms with Crippen LogP contribution >= 0.6 is 11.8 Å². The summed E-state index contributed by atoms with van der Waals surface area (Å²) in [6, 6.07) is 14.8. The molecule has 0 aliphatic carbocycles. The van der Waals surface area contributed by atoms with E-state index in [1.54, 1.807) is 24.8 Å². The summed E-state index contributed by atoms with van der Waals surface area (Å²) in [4.78, 5) is 1.27. The molecule has 1 heterocycles. The van der Waals surface area contributed by atoms with Gasteiger partial charge in [-0.3, -0.25) is 0 Å². The van der Waals surface area contributed by atoms with Crippen molar-refractivity contribution in [2.45, 2.75) is 49.9 Å². The molecule has 0 radical (unpaired) electrons. The molecule has 3 rings (SSSR count). The van der Waals surface area contributed by atoms with Crippen LogP contribution < -0.4 is 4.72 Å². The Kier molecular flexibility index (Phi) is 6.91. The highest BCUT2D eigenvalue weighted by Crippen LogP contribution is 2.44. The summed E-state index contributed by atoms with van der Waals surface area (Å²) in [6.45, 7) is 7.57. The fourth-order valence-electron chi connectivity index (χ4n) is 4.00. The lowest BCUT2D eigenvalue weighted by molar-refractivity contribution is 0.480. The third kappa shape index (κ3) is 4.55. The summed E-state index contributed by atoms with van der Waals surface area (Å²) < 4.78 is 29.5. The normalized spacial score (nSPS) is 16.7. The summed E-state index contributed by atoms with van der Waals surface area (Å²) in [5.41, 5.74) is 4.16. The largest absolute Gasteiger partial charge is 0.241 e. The first kappa shape index (κ1) is 23.1. The molecule has 1 aliphatic heterocycles. The topological polar surface area (TPSA) is 93.8 Å². The van der Waals surface area contributed by atoms with E-state index in [4.69, 9.17) is 0 Å². The number of hydrogen-bond donors (Lipinski definition) is 1. The number of benzene rings is 2. The molecule has 31 heavy (non-hydrogen) atoms. The molecule has 7 heteroatoms. The van der Waals surface area contributed by atoms with E-state index in [0.29, 0.717) is 23.3 Å². The standard InChI is InChI=1S/C24H25N3O2S2/c1-5-21(27-31(28,29)23-11-16(3)15(2)10-17(23)4)20-14-30-22-9-7-6-8-19(22)24(20)18(12-25)13-26/h6-11,20-21,27H,5,14H2,1-4H3/t20-,21-/m0/s1. The van der Waals surface area contributed by atoms with Gasteiger partial charge in [-0.25, -0.2) is 13.1 Å². The zero-order valence-corrected chi connectivity index (χ0v) is 19.7. The van der Waals surface area contributed by atoms with Crippen LogP contribution in [0.1, 0.15) is 35.6 Å². The van der Waals surface area contributed by atoms with Crippen LogP contribution in [0.25, 0.3) is 5.57 Å². The smallest absolute Gasteiger partial charge is 0.207 e. The summed E-state index contributed by atoms with van der Waals surface area (Å²) in [5, 5.41) is 19.2. The van der Waals surface area contributed by atoms with E-state index in [1.807, 2.05) is 63.2 Å². The number of allylic oxidation sites excluding steroid dienone is 1. The number of nitriles is 2. The van der Waals surface area contributed by atoms with Crippen molar-refractivity contribution in [3.63, 3.8) is 0 Å². The monoisotopic (exact) mass is 451 g/mol. The minimum Gasteiger partial charge on any atom is -0.207 e. The first-order valence-electron chi connectivity index (χ1n) is 10.1. The Morgan fingerprint density at radius 1 is 1.13 bits per heavy atom. The van der Waals surface area contributed by atoms with E-state index < -0.39 is 16.1 Å². The molecule has 1 aliphatic rings. The minimum absolute atomic E-state index is 0.0396. The Morgan fingerprint density at radius 2 is 1.77 bits per heavy atom. The van der Waals surface area contributed by atoms with E-state index in [-0.39, 0.29) is 16.4 Å². The van der Waals surface area contributed by atoms with Crippen LogP contribution in [-0.4, -0.2) is 20.2 Å². The highest BCUT2D eigenvalue weighted by Gasteiger charge is 2.35. The molecule has 0 unspecified atom stereocenters. The van der Waals surface area contributed by atoms with Crippen LogP contribution in [0.3, 0.4) is 0 Å². The summed E-state index contributed by atoms with van der Waals surface area (Å²) in [7, 11) is -3.78. The number of aryl methyl sites for hydroxylation is 3. The van der Waals surface area contributed by atoms with E-state index in [1.165, 1.54) is 0 Å². The van der Waals surface area contributed by atoms with Crippen molar-refractivity contribution in [3.05, 3.63) is 64.2 Å². The molecule has 160 valence electrons. The summed E-state index contributed by atoms with van der Waals surface area (Å²) in [6.07, 6.45) is 0.532. The van der Waals surface area contributed by atoms with E-state index >= 15 is 0 Å². The maximum atomic E-state index is 13.3. The number of nitrogens with zero attached hydrogens (tertiary/aromatic N) is 2. The zero-order chi connectivity index (χ0) is 22.8. The summed E-state index contributed by atoms with van der Waals surface area (Å²) >= 11 is 1.62. The maximum Gasteiger partial charge on any atom is 0.241 e. The van der Waals surface area contributed by atoms with Gasteiger partial charge in [0.15, 0.2) is 0 Å². The van der Waals surface area contributed by atoms with Gasteiger partial charge in [0.1, 0.15) is 17.7 Å². The first-order chi connectivity index (χ1) is 14.7. The molecule has 0 bridgehead atoms. The van der Waals surface area contributed by atoms with Gasteiger partial charge in [0.05, 0.1) is 4.90 Å². The van der Waals surface area contributed by atoms with Crippen molar-refractivity contribution in [1.29, 1.82) is 10.5 Å². The zero-order valence-electron chi connectivity index (χ0n) is 18.1. The van der Waals surface area contributed by atoms with Crippen molar-refractivity contribution >= 4 is 27.4 Å². The minimum atomic E-state index is -3.78. The van der Waals surface area contributed by atoms with Gasteiger partial charge in [0.2, 0.25) is 10.0 Å². The van der Waals surface area contributed by atoms with E-state index in [9.17, 15) is 18.9 Å². The number of nitrogens with one attached hydrogen (secondary N) is 1. The molecule has 2 atom stereocenters. The lowest BCUT2D eigenvalue weighted by atomic mass is 9.84. The van der Waals surface area contributed by atoms with Gasteiger partial charge in [-0.05, 0) is 67.2 Å². The molecule has 0 saturated carbocycles. The van der Waals surface area contributed by atoms with Crippen molar-refractivity contribution in [1.82, 2.24) is 4.72 Å². The maximum absolute atomic E-state index is 13.3. The average molecular weight is 452 g/mol. The lowest BCUT2D eigenvalue weighted by Crippen LogP contribution is -2.42. The molecule has 0 spiro atoms. The average Bonchev–Trinajstić information content (AvgIpc) is 2.75. The molecule has 0 aromatic heterocycles. The fraction of sp³-hybridized carbons (Fsp3) is 0.333. The quantitative estimate of drug-likeness (QED) is 0.653. The number of hydrogen-bond acceptors (Lipinski definition) is 5. The van der Waals surface area contributed by atoms with Crippen LogP contribution in [0.2, 0.25) is 0 Å². The molecule has 2 aromatic rings. The van der Waals surface area contributed by atoms with E-state index in [0.717, 1.165) is 21.6 Å². The molecule has 0 amide bonds. The summed E-state index contributed by atoms with van der Waals surface area (Å²) in [5.74, 6) is 0.299. The van der Waals surface area contributed by atoms with Crippen LogP contribution in [0.4, 0.5) is 0 Å². The molecule has 0 fully saturated rings. The van der Waals surface area contributed by atoms with Crippen LogP contribution in [0, 0.1) is 49.4 Å². The molecule has 1 N–H and O–H groups in total. The Hall–Kier alpha value is -2.58. The number of thioether (sulfide) groups is 1. The van der Waals surface area contributed by atoms with Gasteiger partial charge in [0, 0.05) is 22.6 Å². The van der Waals surface area contributed by atoms with Gasteiger partial charge in [-0.2, -0.15) is 10.5 Å². The molecule has 0 saturated heterocycles. The van der Waals surface area contributed by atoms with Crippen molar-refractivity contribution < 1.29 is 8.42 Å². The first-order valence-corrected chi connectivity index (χ1v) is 12.6. The lowest BCUT2D eigenvalue weighted by Gasteiger charge is -2.33. The predicted molar refractivity (Wildman–Crippen MR) is 124 cm³/mol. The third-order valence-electron chi connectivity index (χ3n) is 5.77. The van der Waals surface area contributed by atoms with Crippen molar-refractivity contribution in [2.24, 2.45) is 5.92 Å². The second-order valence-electron chi connectivity index (χ2n) is 7.76. The van der Waals surface area contributed by atoms with Crippen molar-refractivity contribution in [2.75, 3.05) is 5.75 Å². The van der Waals surface area contributed by atoms with Gasteiger partial charge >= 0.3 is 0 Å². The Balaban J connectivity index is 2.06. The highest BCUT2D eigenvalue weighted by atomic mass is 32.2. The Labute approximate surface area is 188 Å². The molecule has 2 aromatic carbocycles. The molecular weight excluding hydrogens is 426 g/mol. The Bertz CT molecular complexity index is 1220. The van der Waals surface area contributed by atoms with Crippen LogP contribution in [0.15, 0.2) is 51.8 Å². The number of sulfonamides is 1. The molecule has 5 nitrogen and oxygen atoms in total. The van der Waals surface area contributed by atoms with Crippen LogP contribution in [0.5, 0.6) is 0 Å². The van der Waals surface area contributed by atoms with E-state index in [2.05, 4.69) is 4.72 Å². The van der Waals surface area contributed by atoms with Gasteiger partial charge in [0.25, 0.3) is 0 Å². The number of fused-ring (bicyclic) bond motifs is 1. The molecular formula is C24H25N3O2S2. The second kappa shape index (κ2) is 9.28. The second-order valence-corrected chi connectivity index (χ2v) is 10.5. The fourth-order valence-corrected chi connectivity index (χ4v) is 6.93. The SMILES string of the molecule is CC[C@H](NS(=O)(=O)c1cc(C)c(C)cc1C)[C@@H]1CSc2ccccc2C1=C(C#N)C#N. The Morgan fingerprint density at radius 3 is 2.42 bits per heavy atom.